The van der Waals surface area contributed by atoms with E-state index in [1.807, 2.05) is 24.3 Å². The number of carbonyl (C=O) groups is 1. The molecule has 5 nitrogen and oxygen atoms in total. The van der Waals surface area contributed by atoms with Gasteiger partial charge in [0.15, 0.2) is 9.84 Å². The van der Waals surface area contributed by atoms with Crippen molar-refractivity contribution in [2.75, 3.05) is 23.8 Å². The number of rotatable bonds is 4. The van der Waals surface area contributed by atoms with Gasteiger partial charge in [-0.25, -0.2) is 8.42 Å². The van der Waals surface area contributed by atoms with E-state index in [1.165, 1.54) is 6.92 Å². The number of para-hydroxylation sites is 1. The highest BCUT2D eigenvalue weighted by atomic mass is 32.2. The second-order valence-electron chi connectivity index (χ2n) is 5.98. The van der Waals surface area contributed by atoms with Gasteiger partial charge in [0.1, 0.15) is 5.25 Å². The van der Waals surface area contributed by atoms with Crippen molar-refractivity contribution in [2.45, 2.75) is 37.5 Å². The van der Waals surface area contributed by atoms with Gasteiger partial charge in [0.25, 0.3) is 0 Å². The predicted octanol–water partition coefficient (Wildman–Crippen LogP) is 1.56. The van der Waals surface area contributed by atoms with Gasteiger partial charge in [0.2, 0.25) is 5.91 Å². The summed E-state index contributed by atoms with van der Waals surface area (Å²) in [5, 5.41) is -1.03. The van der Waals surface area contributed by atoms with Crippen LogP contribution in [0.5, 0.6) is 0 Å². The summed E-state index contributed by atoms with van der Waals surface area (Å²) in [6.45, 7) is 2.66. The first kappa shape index (κ1) is 15.5. The van der Waals surface area contributed by atoms with Crippen LogP contribution in [0.15, 0.2) is 24.3 Å². The average Bonchev–Trinajstić information content (AvgIpc) is 3.14. The molecular formula is C16H21NO4S. The number of amides is 1. The monoisotopic (exact) mass is 323 g/mol. The molecule has 2 heterocycles. The van der Waals surface area contributed by atoms with Crippen molar-refractivity contribution in [3.63, 3.8) is 0 Å². The molecule has 120 valence electrons. The van der Waals surface area contributed by atoms with Crippen molar-refractivity contribution in [1.29, 1.82) is 0 Å². The summed E-state index contributed by atoms with van der Waals surface area (Å²) in [4.78, 5) is 14.2. The highest BCUT2D eigenvalue weighted by Gasteiger charge is 2.36. The number of ether oxygens (including phenoxy) is 1. The van der Waals surface area contributed by atoms with E-state index in [0.717, 1.165) is 30.5 Å². The third kappa shape index (κ3) is 2.90. The summed E-state index contributed by atoms with van der Waals surface area (Å²) in [5.41, 5.74) is 1.94. The number of hydrogen-bond donors (Lipinski definition) is 0. The van der Waals surface area contributed by atoms with Crippen LogP contribution >= 0.6 is 0 Å². The molecule has 0 N–H and O–H groups in total. The van der Waals surface area contributed by atoms with Gasteiger partial charge in [-0.1, -0.05) is 18.2 Å². The Kier molecular flexibility index (Phi) is 4.23. The van der Waals surface area contributed by atoms with Gasteiger partial charge in [-0.05, 0) is 37.8 Å². The van der Waals surface area contributed by atoms with E-state index in [0.29, 0.717) is 13.2 Å². The van der Waals surface area contributed by atoms with E-state index in [4.69, 9.17) is 4.74 Å². The molecule has 2 atom stereocenters. The first-order valence-electron chi connectivity index (χ1n) is 7.71. The number of fused-ring (bicyclic) bond motifs is 1. The van der Waals surface area contributed by atoms with Crippen LogP contribution in [0, 0.1) is 0 Å². The molecule has 22 heavy (non-hydrogen) atoms. The highest BCUT2D eigenvalue weighted by molar-refractivity contribution is 7.92. The maximum Gasteiger partial charge on any atom is 0.245 e. The molecule has 0 spiro atoms. The molecule has 1 aromatic carbocycles. The van der Waals surface area contributed by atoms with Crippen LogP contribution in [0.1, 0.15) is 25.3 Å². The van der Waals surface area contributed by atoms with E-state index in [2.05, 4.69) is 0 Å². The summed E-state index contributed by atoms with van der Waals surface area (Å²) >= 11 is 0. The van der Waals surface area contributed by atoms with Crippen molar-refractivity contribution in [2.24, 2.45) is 0 Å². The second-order valence-corrected chi connectivity index (χ2v) is 8.34. The van der Waals surface area contributed by atoms with Crippen LogP contribution in [0.2, 0.25) is 0 Å². The van der Waals surface area contributed by atoms with E-state index in [9.17, 15) is 13.2 Å². The Bertz CT molecular complexity index is 664. The van der Waals surface area contributed by atoms with Gasteiger partial charge >= 0.3 is 0 Å². The van der Waals surface area contributed by atoms with Gasteiger partial charge in [-0.3, -0.25) is 4.79 Å². The summed E-state index contributed by atoms with van der Waals surface area (Å²) < 4.78 is 30.3. The third-order valence-electron chi connectivity index (χ3n) is 4.48. The lowest BCUT2D eigenvalue weighted by atomic mass is 10.2. The summed E-state index contributed by atoms with van der Waals surface area (Å²) in [6, 6.07) is 7.66. The molecule has 1 amide bonds. The zero-order chi connectivity index (χ0) is 15.7. The fourth-order valence-electron chi connectivity index (χ4n) is 3.12. The van der Waals surface area contributed by atoms with Gasteiger partial charge in [-0.2, -0.15) is 0 Å². The number of anilines is 1. The normalized spacial score (nSPS) is 22.6. The Morgan fingerprint density at radius 3 is 2.91 bits per heavy atom. The Morgan fingerprint density at radius 2 is 2.18 bits per heavy atom. The minimum Gasteiger partial charge on any atom is -0.377 e. The minimum atomic E-state index is -3.50. The Labute approximate surface area is 131 Å². The maximum absolute atomic E-state index is 12.6. The fourth-order valence-corrected chi connectivity index (χ4v) is 4.62. The molecule has 6 heteroatoms. The Hall–Kier alpha value is -1.40. The molecule has 1 saturated heterocycles. The molecule has 0 aliphatic carbocycles. The quantitative estimate of drug-likeness (QED) is 0.843. The van der Waals surface area contributed by atoms with Gasteiger partial charge in [-0.15, -0.1) is 0 Å². The average molecular weight is 323 g/mol. The van der Waals surface area contributed by atoms with Crippen molar-refractivity contribution in [1.82, 2.24) is 0 Å². The summed E-state index contributed by atoms with van der Waals surface area (Å²) in [7, 11) is -3.50. The van der Waals surface area contributed by atoms with Crippen LogP contribution < -0.4 is 4.90 Å². The van der Waals surface area contributed by atoms with Gasteiger partial charge < -0.3 is 9.64 Å². The van der Waals surface area contributed by atoms with Crippen LogP contribution in [0.3, 0.4) is 0 Å². The molecule has 2 aliphatic rings. The van der Waals surface area contributed by atoms with E-state index < -0.39 is 15.1 Å². The predicted molar refractivity (Wildman–Crippen MR) is 84.7 cm³/mol. The maximum atomic E-state index is 12.6. The summed E-state index contributed by atoms with van der Waals surface area (Å²) in [5.74, 6) is -0.391. The molecule has 1 fully saturated rings. The number of hydrogen-bond acceptors (Lipinski definition) is 4. The largest absolute Gasteiger partial charge is 0.377 e. The number of benzene rings is 1. The SMILES string of the molecule is C[C@@H](C(=O)N1CCc2ccccc21)S(=O)(=O)C[C@@H]1CCCO1. The smallest absolute Gasteiger partial charge is 0.245 e. The topological polar surface area (TPSA) is 63.7 Å². The van der Waals surface area contributed by atoms with Crippen LogP contribution in [-0.2, 0) is 25.8 Å². The van der Waals surface area contributed by atoms with Crippen molar-refractivity contribution < 1.29 is 17.9 Å². The first-order valence-corrected chi connectivity index (χ1v) is 9.43. The lowest BCUT2D eigenvalue weighted by Gasteiger charge is -2.22. The van der Waals surface area contributed by atoms with Crippen molar-refractivity contribution in [3.05, 3.63) is 29.8 Å². The number of sulfone groups is 1. The Morgan fingerprint density at radius 1 is 1.41 bits per heavy atom. The van der Waals surface area contributed by atoms with Crippen LogP contribution in [0.25, 0.3) is 0 Å². The lowest BCUT2D eigenvalue weighted by molar-refractivity contribution is -0.117. The van der Waals surface area contributed by atoms with E-state index in [1.54, 1.807) is 4.90 Å². The standard InChI is InChI=1S/C16H21NO4S/c1-12(22(19,20)11-14-6-4-10-21-14)16(18)17-9-8-13-5-2-3-7-15(13)17/h2-3,5,7,12,14H,4,6,8-11H2,1H3/t12-,14-/m0/s1. The third-order valence-corrected chi connectivity index (χ3v) is 6.60. The minimum absolute atomic E-state index is 0.0601. The molecule has 0 bridgehead atoms. The van der Waals surface area contributed by atoms with Gasteiger partial charge in [0.05, 0.1) is 11.9 Å². The van der Waals surface area contributed by atoms with Crippen molar-refractivity contribution in [3.8, 4) is 0 Å². The van der Waals surface area contributed by atoms with Crippen molar-refractivity contribution >= 4 is 21.4 Å². The molecule has 0 saturated carbocycles. The van der Waals surface area contributed by atoms with E-state index >= 15 is 0 Å². The number of carbonyl (C=O) groups excluding carboxylic acids is 1. The van der Waals surface area contributed by atoms with Gasteiger partial charge in [0, 0.05) is 18.8 Å². The molecule has 3 rings (SSSR count). The first-order chi connectivity index (χ1) is 10.5. The molecular weight excluding hydrogens is 302 g/mol. The number of nitrogens with zero attached hydrogens (tertiary/aromatic N) is 1. The molecule has 0 radical (unpaired) electrons. The molecule has 2 aliphatic heterocycles. The Balaban J connectivity index is 1.74. The zero-order valence-corrected chi connectivity index (χ0v) is 13.5. The highest BCUT2D eigenvalue weighted by Crippen LogP contribution is 2.29. The lowest BCUT2D eigenvalue weighted by Crippen LogP contribution is -2.43. The zero-order valence-electron chi connectivity index (χ0n) is 12.7. The summed E-state index contributed by atoms with van der Waals surface area (Å²) in [6.07, 6.45) is 2.17. The fraction of sp³-hybridized carbons (Fsp3) is 0.562. The molecule has 1 aromatic rings. The van der Waals surface area contributed by atoms with E-state index in [-0.39, 0.29) is 17.8 Å². The molecule has 0 unspecified atom stereocenters. The molecule has 0 aromatic heterocycles. The van der Waals surface area contributed by atoms with Crippen LogP contribution in [-0.4, -0.2) is 44.6 Å². The van der Waals surface area contributed by atoms with Crippen LogP contribution in [0.4, 0.5) is 5.69 Å². The second kappa shape index (κ2) is 6.01.